The zero-order valence-electron chi connectivity index (χ0n) is 15.9. The first-order valence-electron chi connectivity index (χ1n) is 9.03. The van der Waals surface area contributed by atoms with Crippen molar-refractivity contribution < 1.29 is 22.7 Å². The lowest BCUT2D eigenvalue weighted by atomic mass is 9.95. The van der Waals surface area contributed by atoms with E-state index in [-0.39, 0.29) is 16.4 Å². The van der Waals surface area contributed by atoms with Gasteiger partial charge in [0.2, 0.25) is 0 Å². The number of carbonyl (C=O) groups is 2. The van der Waals surface area contributed by atoms with Crippen molar-refractivity contribution in [2.45, 2.75) is 43.8 Å². The predicted molar refractivity (Wildman–Crippen MR) is 101 cm³/mol. The van der Waals surface area contributed by atoms with Crippen molar-refractivity contribution in [3.8, 4) is 11.3 Å². The summed E-state index contributed by atoms with van der Waals surface area (Å²) in [5.74, 6) is -0.402. The van der Waals surface area contributed by atoms with Crippen LogP contribution in [0.4, 0.5) is 0 Å². The van der Waals surface area contributed by atoms with Gasteiger partial charge >= 0.3 is 5.97 Å². The maximum absolute atomic E-state index is 12.9. The van der Waals surface area contributed by atoms with Crippen LogP contribution in [0.15, 0.2) is 29.0 Å². The summed E-state index contributed by atoms with van der Waals surface area (Å²) >= 11 is 0. The van der Waals surface area contributed by atoms with Crippen LogP contribution in [0.3, 0.4) is 0 Å². The topological polar surface area (TPSA) is 95.3 Å². The Morgan fingerprint density at radius 2 is 2.00 bits per heavy atom. The number of esters is 1. The van der Waals surface area contributed by atoms with Crippen LogP contribution < -0.4 is 0 Å². The molecule has 0 saturated heterocycles. The molecule has 1 aliphatic carbocycles. The Morgan fingerprint density at radius 1 is 1.25 bits per heavy atom. The molecule has 28 heavy (non-hydrogen) atoms. The highest BCUT2D eigenvalue weighted by atomic mass is 32.2. The second kappa shape index (κ2) is 6.41. The Morgan fingerprint density at radius 3 is 2.71 bits per heavy atom. The van der Waals surface area contributed by atoms with Gasteiger partial charge in [0, 0.05) is 37.1 Å². The first-order chi connectivity index (χ1) is 13.2. The minimum absolute atomic E-state index is 0.0574. The van der Waals surface area contributed by atoms with Crippen LogP contribution in [0.1, 0.15) is 46.3 Å². The maximum Gasteiger partial charge on any atom is 0.343 e. The van der Waals surface area contributed by atoms with Crippen molar-refractivity contribution in [2.75, 3.05) is 0 Å². The standard InChI is InChI=1S/C20H20N2O5S/c1-11-7-16(20(24)27-15-6-4-5-14(23)8-15)12(2)17-18-13(9-21-22(18)3)10-28(25,26)19(11)17/h7-9H,4-6,10H2,1-3H3. The average Bonchev–Trinajstić information content (AvgIpc) is 2.96. The fourth-order valence-electron chi connectivity index (χ4n) is 3.99. The summed E-state index contributed by atoms with van der Waals surface area (Å²) in [5, 5.41) is 4.20. The molecule has 1 aromatic carbocycles. The van der Waals surface area contributed by atoms with Crippen LogP contribution in [0, 0.1) is 13.8 Å². The highest BCUT2D eigenvalue weighted by Crippen LogP contribution is 2.42. The van der Waals surface area contributed by atoms with Crippen LogP contribution in [0.25, 0.3) is 11.3 Å². The lowest BCUT2D eigenvalue weighted by molar-refractivity contribution is -0.115. The van der Waals surface area contributed by atoms with Crippen LogP contribution in [0.5, 0.6) is 0 Å². The average molecular weight is 400 g/mol. The number of ketones is 1. The molecular weight excluding hydrogens is 380 g/mol. The van der Waals surface area contributed by atoms with Crippen LogP contribution in [-0.4, -0.2) is 30.0 Å². The normalized spacial score (nSPS) is 17.5. The number of sulfone groups is 1. The summed E-state index contributed by atoms with van der Waals surface area (Å²) in [6.45, 7) is 3.39. The molecule has 2 aromatic rings. The molecule has 2 aliphatic rings. The fraction of sp³-hybridized carbons (Fsp3) is 0.350. The molecule has 1 aromatic heterocycles. The van der Waals surface area contributed by atoms with Crippen LogP contribution >= 0.6 is 0 Å². The number of ether oxygens (including phenoxy) is 1. The van der Waals surface area contributed by atoms with Crippen molar-refractivity contribution in [1.29, 1.82) is 0 Å². The number of aromatic nitrogens is 2. The SMILES string of the molecule is Cc1cc(C(=O)OC2=CC(=O)CCC2)c(C)c2c1S(=O)(=O)Cc1cnn(C)c1-2. The molecule has 0 spiro atoms. The van der Waals surface area contributed by atoms with Gasteiger partial charge in [0.15, 0.2) is 15.6 Å². The molecular formula is C20H20N2O5S. The summed E-state index contributed by atoms with van der Waals surface area (Å²) in [5.41, 5.74) is 3.13. The molecule has 0 unspecified atom stereocenters. The van der Waals surface area contributed by atoms with Crippen LogP contribution in [-0.2, 0) is 32.2 Å². The van der Waals surface area contributed by atoms with E-state index in [9.17, 15) is 18.0 Å². The van der Waals surface area contributed by atoms with E-state index in [1.807, 2.05) is 0 Å². The Labute approximate surface area is 162 Å². The van der Waals surface area contributed by atoms with E-state index in [0.717, 1.165) is 0 Å². The number of allylic oxidation sites excluding steroid dienone is 2. The van der Waals surface area contributed by atoms with Gasteiger partial charge in [0.25, 0.3) is 0 Å². The molecule has 0 fully saturated rings. The van der Waals surface area contributed by atoms with Crippen molar-refractivity contribution in [2.24, 2.45) is 7.05 Å². The third-order valence-corrected chi connectivity index (χ3v) is 7.08. The summed E-state index contributed by atoms with van der Waals surface area (Å²) in [6.07, 6.45) is 4.55. The van der Waals surface area contributed by atoms with Gasteiger partial charge in [-0.15, -0.1) is 0 Å². The van der Waals surface area contributed by atoms with E-state index < -0.39 is 15.8 Å². The maximum atomic E-state index is 12.9. The van der Waals surface area contributed by atoms with E-state index in [4.69, 9.17) is 4.74 Å². The molecule has 0 atom stereocenters. The number of nitrogens with zero attached hydrogens (tertiary/aromatic N) is 2. The lowest BCUT2D eigenvalue weighted by Crippen LogP contribution is -2.19. The molecule has 0 amide bonds. The van der Waals surface area contributed by atoms with Gasteiger partial charge in [-0.05, 0) is 37.5 Å². The second-order valence-electron chi connectivity index (χ2n) is 7.29. The van der Waals surface area contributed by atoms with Crippen molar-refractivity contribution in [1.82, 2.24) is 9.78 Å². The molecule has 8 heteroatoms. The number of fused-ring (bicyclic) bond motifs is 3. The van der Waals surface area contributed by atoms with E-state index >= 15 is 0 Å². The first kappa shape index (κ1) is 18.6. The number of benzene rings is 1. The van der Waals surface area contributed by atoms with E-state index in [2.05, 4.69) is 5.10 Å². The minimum Gasteiger partial charge on any atom is -0.427 e. The highest BCUT2D eigenvalue weighted by molar-refractivity contribution is 7.91. The zero-order chi connectivity index (χ0) is 20.2. The summed E-state index contributed by atoms with van der Waals surface area (Å²) in [4.78, 5) is 24.6. The van der Waals surface area contributed by atoms with Crippen molar-refractivity contribution in [3.63, 3.8) is 0 Å². The molecule has 2 heterocycles. The Balaban J connectivity index is 1.87. The second-order valence-corrected chi connectivity index (χ2v) is 9.22. The lowest BCUT2D eigenvalue weighted by Gasteiger charge is -2.23. The smallest absolute Gasteiger partial charge is 0.343 e. The zero-order valence-corrected chi connectivity index (χ0v) is 16.7. The molecule has 1 aliphatic heterocycles. The Kier molecular flexibility index (Phi) is 4.26. The van der Waals surface area contributed by atoms with E-state index in [1.165, 1.54) is 6.08 Å². The molecule has 0 saturated carbocycles. The van der Waals surface area contributed by atoms with Gasteiger partial charge in [-0.3, -0.25) is 9.48 Å². The monoisotopic (exact) mass is 400 g/mol. The predicted octanol–water partition coefficient (Wildman–Crippen LogP) is 2.78. The Bertz CT molecular complexity index is 1170. The molecule has 0 bridgehead atoms. The highest BCUT2D eigenvalue weighted by Gasteiger charge is 2.35. The molecule has 146 valence electrons. The molecule has 4 rings (SSSR count). The molecule has 7 nitrogen and oxygen atoms in total. The van der Waals surface area contributed by atoms with Crippen LogP contribution in [0.2, 0.25) is 0 Å². The van der Waals surface area contributed by atoms with Gasteiger partial charge in [-0.1, -0.05) is 0 Å². The third-order valence-electron chi connectivity index (χ3n) is 5.24. The van der Waals surface area contributed by atoms with Gasteiger partial charge in [-0.2, -0.15) is 5.10 Å². The van der Waals surface area contributed by atoms with Gasteiger partial charge in [0.05, 0.1) is 28.1 Å². The quantitative estimate of drug-likeness (QED) is 0.720. The summed E-state index contributed by atoms with van der Waals surface area (Å²) in [6, 6.07) is 1.56. The fourth-order valence-corrected chi connectivity index (χ4v) is 5.87. The largest absolute Gasteiger partial charge is 0.427 e. The Hall–Kier alpha value is -2.74. The summed E-state index contributed by atoms with van der Waals surface area (Å²) < 4.78 is 32.8. The number of hydrogen-bond donors (Lipinski definition) is 0. The molecule has 0 N–H and O–H groups in total. The van der Waals surface area contributed by atoms with E-state index in [0.29, 0.717) is 58.5 Å². The van der Waals surface area contributed by atoms with Gasteiger partial charge in [0.1, 0.15) is 5.76 Å². The van der Waals surface area contributed by atoms with Crippen molar-refractivity contribution in [3.05, 3.63) is 46.4 Å². The number of aryl methyl sites for hydroxylation is 2. The van der Waals surface area contributed by atoms with Gasteiger partial charge in [-0.25, -0.2) is 13.2 Å². The number of rotatable bonds is 2. The minimum atomic E-state index is -3.53. The number of hydrogen-bond acceptors (Lipinski definition) is 6. The van der Waals surface area contributed by atoms with Gasteiger partial charge < -0.3 is 4.74 Å². The summed E-state index contributed by atoms with van der Waals surface area (Å²) in [7, 11) is -1.78. The van der Waals surface area contributed by atoms with E-state index in [1.54, 1.807) is 37.8 Å². The molecule has 0 radical (unpaired) electrons. The first-order valence-corrected chi connectivity index (χ1v) is 10.7. The number of carbonyl (C=O) groups excluding carboxylic acids is 2. The third kappa shape index (κ3) is 2.88. The van der Waals surface area contributed by atoms with Crippen molar-refractivity contribution >= 4 is 21.6 Å².